The number of thiazole rings is 1. The molecular formula is C14H18N2S2. The van der Waals surface area contributed by atoms with Crippen LogP contribution in [-0.2, 0) is 0 Å². The first-order valence-corrected chi connectivity index (χ1v) is 8.40. The molecule has 1 aliphatic carbocycles. The minimum absolute atomic E-state index is 0.829. The van der Waals surface area contributed by atoms with Gasteiger partial charge in [-0.1, -0.05) is 31.0 Å². The third-order valence-electron chi connectivity index (χ3n) is 3.56. The van der Waals surface area contributed by atoms with Gasteiger partial charge in [0.05, 0.1) is 10.2 Å². The van der Waals surface area contributed by atoms with Gasteiger partial charge in [-0.15, -0.1) is 11.3 Å². The summed E-state index contributed by atoms with van der Waals surface area (Å²) in [6.07, 6.45) is 7.08. The first-order chi connectivity index (χ1) is 8.81. The summed E-state index contributed by atoms with van der Waals surface area (Å²) in [5, 5.41) is 0. The second kappa shape index (κ2) is 5.49. The third-order valence-corrected chi connectivity index (χ3v) is 5.95. The van der Waals surface area contributed by atoms with Gasteiger partial charge in [0, 0.05) is 11.4 Å². The molecule has 0 radical (unpaired) electrons. The lowest BCUT2D eigenvalue weighted by atomic mass is 9.91. The highest BCUT2D eigenvalue weighted by Gasteiger charge is 2.14. The number of aromatic nitrogens is 1. The summed E-state index contributed by atoms with van der Waals surface area (Å²) in [7, 11) is 0. The van der Waals surface area contributed by atoms with Crippen molar-refractivity contribution in [1.29, 1.82) is 0 Å². The van der Waals surface area contributed by atoms with Crippen LogP contribution in [0.15, 0.2) is 22.5 Å². The van der Waals surface area contributed by atoms with Crippen LogP contribution in [0.1, 0.15) is 32.1 Å². The molecule has 2 N–H and O–H groups in total. The lowest BCUT2D eigenvalue weighted by molar-refractivity contribution is 0.391. The molecule has 1 saturated carbocycles. The van der Waals surface area contributed by atoms with Crippen molar-refractivity contribution >= 4 is 39.0 Å². The van der Waals surface area contributed by atoms with Crippen LogP contribution in [0.2, 0.25) is 0 Å². The van der Waals surface area contributed by atoms with Crippen molar-refractivity contribution in [3.63, 3.8) is 0 Å². The number of hydrogen-bond acceptors (Lipinski definition) is 4. The number of nitrogens with two attached hydrogens (primary N) is 1. The number of hydrogen-bond donors (Lipinski definition) is 1. The molecule has 4 heteroatoms. The summed E-state index contributed by atoms with van der Waals surface area (Å²) in [4.78, 5) is 4.66. The lowest BCUT2D eigenvalue weighted by Gasteiger charge is -2.20. The van der Waals surface area contributed by atoms with Gasteiger partial charge in [0.1, 0.15) is 0 Å². The van der Waals surface area contributed by atoms with Gasteiger partial charge in [-0.05, 0) is 37.0 Å². The van der Waals surface area contributed by atoms with Crippen molar-refractivity contribution < 1.29 is 0 Å². The highest BCUT2D eigenvalue weighted by atomic mass is 32.2. The molecule has 1 aromatic carbocycles. The largest absolute Gasteiger partial charge is 0.399 e. The zero-order valence-electron chi connectivity index (χ0n) is 10.4. The van der Waals surface area contributed by atoms with Crippen LogP contribution in [-0.4, -0.2) is 10.7 Å². The van der Waals surface area contributed by atoms with E-state index in [4.69, 9.17) is 5.73 Å². The van der Waals surface area contributed by atoms with E-state index in [2.05, 4.69) is 4.98 Å². The predicted octanol–water partition coefficient (Wildman–Crippen LogP) is 4.55. The van der Waals surface area contributed by atoms with Crippen LogP contribution in [0.3, 0.4) is 0 Å². The number of benzene rings is 1. The summed E-state index contributed by atoms with van der Waals surface area (Å²) < 4.78 is 2.40. The van der Waals surface area contributed by atoms with Crippen LogP contribution >= 0.6 is 23.1 Å². The fraction of sp³-hybridized carbons (Fsp3) is 0.500. The second-order valence-corrected chi connectivity index (χ2v) is 7.32. The number of rotatable bonds is 3. The van der Waals surface area contributed by atoms with Gasteiger partial charge in [0.25, 0.3) is 0 Å². The first kappa shape index (κ1) is 12.3. The molecule has 0 spiro atoms. The highest BCUT2D eigenvalue weighted by molar-refractivity contribution is 8.01. The zero-order valence-corrected chi connectivity index (χ0v) is 12.0. The van der Waals surface area contributed by atoms with Crippen LogP contribution in [0.25, 0.3) is 10.2 Å². The number of nitrogen functional groups attached to an aromatic ring is 1. The van der Waals surface area contributed by atoms with Gasteiger partial charge in [0.15, 0.2) is 4.34 Å². The van der Waals surface area contributed by atoms with Gasteiger partial charge in [-0.2, -0.15) is 0 Å². The first-order valence-electron chi connectivity index (χ1n) is 6.60. The molecule has 2 nitrogen and oxygen atoms in total. The standard InChI is InChI=1S/C14H18N2S2/c15-11-6-7-12-13(8-11)18-14(16-12)17-9-10-4-2-1-3-5-10/h6-8,10H,1-5,9,15H2. The molecule has 1 aromatic heterocycles. The molecule has 3 rings (SSSR count). The Morgan fingerprint density at radius 2 is 2.11 bits per heavy atom. The summed E-state index contributed by atoms with van der Waals surface area (Å²) in [5.41, 5.74) is 7.71. The molecular weight excluding hydrogens is 260 g/mol. The molecule has 1 heterocycles. The number of thioether (sulfide) groups is 1. The summed E-state index contributed by atoms with van der Waals surface area (Å²) in [6.45, 7) is 0. The van der Waals surface area contributed by atoms with E-state index in [9.17, 15) is 0 Å². The fourth-order valence-corrected chi connectivity index (χ4v) is 4.85. The Hall–Kier alpha value is -0.740. The summed E-state index contributed by atoms with van der Waals surface area (Å²) >= 11 is 3.70. The molecule has 1 aliphatic rings. The second-order valence-electron chi connectivity index (χ2n) is 5.02. The van der Waals surface area contributed by atoms with Crippen molar-refractivity contribution in [2.75, 3.05) is 11.5 Å². The Kier molecular flexibility index (Phi) is 3.75. The molecule has 0 bridgehead atoms. The van der Waals surface area contributed by atoms with E-state index in [0.717, 1.165) is 17.1 Å². The molecule has 0 aliphatic heterocycles. The molecule has 0 saturated heterocycles. The molecule has 0 atom stereocenters. The van der Waals surface area contributed by atoms with Crippen LogP contribution < -0.4 is 5.73 Å². The Bertz CT molecular complexity index is 530. The Morgan fingerprint density at radius 1 is 1.28 bits per heavy atom. The van der Waals surface area contributed by atoms with Crippen molar-refractivity contribution in [2.45, 2.75) is 36.4 Å². The van der Waals surface area contributed by atoms with Gasteiger partial charge in [-0.25, -0.2) is 4.98 Å². The smallest absolute Gasteiger partial charge is 0.151 e. The SMILES string of the molecule is Nc1ccc2nc(SCC3CCCCC3)sc2c1. The van der Waals surface area contributed by atoms with E-state index in [1.165, 1.54) is 46.9 Å². The quantitative estimate of drug-likeness (QED) is 0.661. The summed E-state index contributed by atoms with van der Waals surface area (Å²) in [5.74, 6) is 2.14. The minimum Gasteiger partial charge on any atom is -0.399 e. The molecule has 18 heavy (non-hydrogen) atoms. The van der Waals surface area contributed by atoms with Gasteiger partial charge >= 0.3 is 0 Å². The van der Waals surface area contributed by atoms with Crippen LogP contribution in [0.5, 0.6) is 0 Å². The molecule has 2 aromatic rings. The topological polar surface area (TPSA) is 38.9 Å². The maximum absolute atomic E-state index is 5.80. The van der Waals surface area contributed by atoms with Crippen molar-refractivity contribution in [2.24, 2.45) is 5.92 Å². The fourth-order valence-electron chi connectivity index (χ4n) is 2.52. The van der Waals surface area contributed by atoms with E-state index < -0.39 is 0 Å². The number of nitrogens with zero attached hydrogens (tertiary/aromatic N) is 1. The van der Waals surface area contributed by atoms with Crippen molar-refractivity contribution in [1.82, 2.24) is 4.98 Å². The van der Waals surface area contributed by atoms with E-state index >= 15 is 0 Å². The predicted molar refractivity (Wildman–Crippen MR) is 81.3 cm³/mol. The Morgan fingerprint density at radius 3 is 2.94 bits per heavy atom. The van der Waals surface area contributed by atoms with Gasteiger partial charge in [-0.3, -0.25) is 0 Å². The molecule has 96 valence electrons. The Labute approximate surface area is 116 Å². The molecule has 1 fully saturated rings. The maximum Gasteiger partial charge on any atom is 0.151 e. The molecule has 0 amide bonds. The normalized spacial score (nSPS) is 17.3. The lowest BCUT2D eigenvalue weighted by Crippen LogP contribution is -2.08. The van der Waals surface area contributed by atoms with Crippen molar-refractivity contribution in [3.05, 3.63) is 18.2 Å². The Balaban J connectivity index is 1.67. The van der Waals surface area contributed by atoms with Crippen LogP contribution in [0, 0.1) is 5.92 Å². The average Bonchev–Trinajstić information content (AvgIpc) is 2.79. The maximum atomic E-state index is 5.80. The highest BCUT2D eigenvalue weighted by Crippen LogP contribution is 2.34. The average molecular weight is 278 g/mol. The zero-order chi connectivity index (χ0) is 12.4. The van der Waals surface area contributed by atoms with Gasteiger partial charge < -0.3 is 5.73 Å². The monoisotopic (exact) mass is 278 g/mol. The van der Waals surface area contributed by atoms with Crippen molar-refractivity contribution in [3.8, 4) is 0 Å². The molecule has 0 unspecified atom stereocenters. The number of fused-ring (bicyclic) bond motifs is 1. The minimum atomic E-state index is 0.829. The van der Waals surface area contributed by atoms with E-state index in [1.807, 2.05) is 30.0 Å². The van der Waals surface area contributed by atoms with Crippen LogP contribution in [0.4, 0.5) is 5.69 Å². The van der Waals surface area contributed by atoms with E-state index in [-0.39, 0.29) is 0 Å². The third kappa shape index (κ3) is 2.81. The van der Waals surface area contributed by atoms with Gasteiger partial charge in [0.2, 0.25) is 0 Å². The van der Waals surface area contributed by atoms with E-state index in [0.29, 0.717) is 0 Å². The number of anilines is 1. The summed E-state index contributed by atoms with van der Waals surface area (Å²) in [6, 6.07) is 5.97. The van der Waals surface area contributed by atoms with E-state index in [1.54, 1.807) is 11.3 Å².